The van der Waals surface area contributed by atoms with Crippen LogP contribution in [0.1, 0.15) is 33.8 Å². The summed E-state index contributed by atoms with van der Waals surface area (Å²) in [6.45, 7) is 5.82. The van der Waals surface area contributed by atoms with E-state index in [4.69, 9.17) is 0 Å². The van der Waals surface area contributed by atoms with Crippen LogP contribution in [0.5, 0.6) is 0 Å². The maximum absolute atomic E-state index is 12.8. The van der Waals surface area contributed by atoms with Crippen LogP contribution in [0.15, 0.2) is 36.4 Å². The molecular formula is C24H29N5OS. The number of nitrogens with zero attached hydrogens (tertiary/aromatic N) is 2. The smallest absolute Gasteiger partial charge is 0.263 e. The van der Waals surface area contributed by atoms with Crippen molar-refractivity contribution in [2.75, 3.05) is 43.4 Å². The molecule has 31 heavy (non-hydrogen) atoms. The van der Waals surface area contributed by atoms with Crippen LogP contribution in [0.2, 0.25) is 0 Å². The van der Waals surface area contributed by atoms with Crippen molar-refractivity contribution < 1.29 is 4.79 Å². The number of rotatable bonds is 6. The molecule has 0 atom stereocenters. The molecule has 0 unspecified atom stereocenters. The Morgan fingerprint density at radius 3 is 2.77 bits per heavy atom. The Hall–Kier alpha value is -2.64. The molecule has 1 aromatic carbocycles. The lowest BCUT2D eigenvalue weighted by Crippen LogP contribution is -2.52. The second kappa shape index (κ2) is 8.13. The molecular weight excluding hydrogens is 406 g/mol. The van der Waals surface area contributed by atoms with Crippen molar-refractivity contribution >= 4 is 38.8 Å². The number of nitrogens with one attached hydrogen (secondary N) is 3. The van der Waals surface area contributed by atoms with Crippen molar-refractivity contribution in [3.63, 3.8) is 0 Å². The molecule has 0 bridgehead atoms. The van der Waals surface area contributed by atoms with Crippen LogP contribution < -0.4 is 20.9 Å². The number of carbonyl (C=O) groups is 1. The standard InChI is InChI=1S/C24H29N5OS/c1-16-3-8-19-20(25-2)21(31-23(19)28-16)22(30)26-12-9-17-4-6-18(7-5-17)29-14-13-27-24(15-29)10-11-24/h3-8,25,27H,9-15H2,1-2H3,(H,26,30). The molecule has 1 amide bonds. The van der Waals surface area contributed by atoms with Crippen molar-refractivity contribution in [2.24, 2.45) is 0 Å². The Morgan fingerprint density at radius 1 is 1.23 bits per heavy atom. The van der Waals surface area contributed by atoms with E-state index in [1.165, 1.54) is 35.4 Å². The Labute approximate surface area is 187 Å². The molecule has 3 aromatic rings. The van der Waals surface area contributed by atoms with Gasteiger partial charge in [-0.3, -0.25) is 4.79 Å². The summed E-state index contributed by atoms with van der Waals surface area (Å²) < 4.78 is 0. The van der Waals surface area contributed by atoms with Crippen molar-refractivity contribution in [1.82, 2.24) is 15.6 Å². The number of anilines is 2. The van der Waals surface area contributed by atoms with Gasteiger partial charge >= 0.3 is 0 Å². The molecule has 2 aromatic heterocycles. The number of thiophene rings is 1. The number of carbonyl (C=O) groups excluding carboxylic acids is 1. The first-order valence-electron chi connectivity index (χ1n) is 11.0. The zero-order chi connectivity index (χ0) is 21.4. The first kappa shape index (κ1) is 20.3. The minimum atomic E-state index is -0.0443. The molecule has 1 aliphatic carbocycles. The SMILES string of the molecule is CNc1c(C(=O)NCCc2ccc(N3CCNC4(CC4)C3)cc2)sc2nc(C)ccc12. The molecule has 162 valence electrons. The monoisotopic (exact) mass is 435 g/mol. The van der Waals surface area contributed by atoms with Crippen LogP contribution in [0.3, 0.4) is 0 Å². The fourth-order valence-electron chi connectivity index (χ4n) is 4.42. The maximum Gasteiger partial charge on any atom is 0.263 e. The highest BCUT2D eigenvalue weighted by atomic mass is 32.1. The van der Waals surface area contributed by atoms with Gasteiger partial charge in [0.1, 0.15) is 9.71 Å². The van der Waals surface area contributed by atoms with Crippen LogP contribution in [-0.4, -0.2) is 49.7 Å². The normalized spacial score (nSPS) is 17.2. The van der Waals surface area contributed by atoms with E-state index in [0.717, 1.165) is 47.7 Å². The predicted octanol–water partition coefficient (Wildman–Crippen LogP) is 3.56. The zero-order valence-corrected chi connectivity index (χ0v) is 18.9. The summed E-state index contributed by atoms with van der Waals surface area (Å²) >= 11 is 1.44. The van der Waals surface area contributed by atoms with E-state index in [-0.39, 0.29) is 5.91 Å². The fourth-order valence-corrected chi connectivity index (χ4v) is 5.56. The summed E-state index contributed by atoms with van der Waals surface area (Å²) in [6.07, 6.45) is 3.41. The third kappa shape index (κ3) is 4.12. The Balaban J connectivity index is 1.19. The Bertz CT molecular complexity index is 1100. The van der Waals surface area contributed by atoms with Crippen LogP contribution >= 0.6 is 11.3 Å². The maximum atomic E-state index is 12.8. The van der Waals surface area contributed by atoms with Gasteiger partial charge in [0.15, 0.2) is 0 Å². The van der Waals surface area contributed by atoms with Crippen molar-refractivity contribution in [3.05, 3.63) is 52.5 Å². The van der Waals surface area contributed by atoms with Crippen LogP contribution in [-0.2, 0) is 6.42 Å². The van der Waals surface area contributed by atoms with E-state index < -0.39 is 0 Å². The molecule has 6 nitrogen and oxygen atoms in total. The number of fused-ring (bicyclic) bond motifs is 1. The van der Waals surface area contributed by atoms with Gasteiger partial charge < -0.3 is 20.9 Å². The summed E-state index contributed by atoms with van der Waals surface area (Å²) in [6, 6.07) is 12.8. The molecule has 1 spiro atoms. The van der Waals surface area contributed by atoms with Crippen molar-refractivity contribution in [2.45, 2.75) is 31.7 Å². The first-order valence-corrected chi connectivity index (χ1v) is 11.8. The van der Waals surface area contributed by atoms with E-state index >= 15 is 0 Å². The van der Waals surface area contributed by atoms with E-state index in [9.17, 15) is 4.79 Å². The van der Waals surface area contributed by atoms with E-state index in [1.54, 1.807) is 0 Å². The second-order valence-corrected chi connectivity index (χ2v) is 9.66. The molecule has 2 aliphatic rings. The molecule has 5 rings (SSSR count). The number of hydrogen-bond acceptors (Lipinski definition) is 6. The zero-order valence-electron chi connectivity index (χ0n) is 18.1. The highest BCUT2D eigenvalue weighted by Crippen LogP contribution is 2.38. The third-order valence-corrected chi connectivity index (χ3v) is 7.48. The summed E-state index contributed by atoms with van der Waals surface area (Å²) in [7, 11) is 1.85. The lowest BCUT2D eigenvalue weighted by Gasteiger charge is -2.35. The number of aromatic nitrogens is 1. The second-order valence-electron chi connectivity index (χ2n) is 8.66. The number of amides is 1. The number of piperazine rings is 1. The van der Waals surface area contributed by atoms with E-state index in [2.05, 4.69) is 50.1 Å². The van der Waals surface area contributed by atoms with Crippen LogP contribution in [0.25, 0.3) is 10.2 Å². The largest absolute Gasteiger partial charge is 0.386 e. The van der Waals surface area contributed by atoms with Gasteiger partial charge in [-0.2, -0.15) is 0 Å². The molecule has 1 saturated carbocycles. The van der Waals surface area contributed by atoms with Gasteiger partial charge in [0, 0.05) is 55.5 Å². The molecule has 7 heteroatoms. The van der Waals surface area contributed by atoms with Crippen molar-refractivity contribution in [3.8, 4) is 0 Å². The van der Waals surface area contributed by atoms with Crippen molar-refractivity contribution in [1.29, 1.82) is 0 Å². The predicted molar refractivity (Wildman–Crippen MR) is 129 cm³/mol. The number of pyridine rings is 1. The molecule has 3 N–H and O–H groups in total. The number of hydrogen-bond donors (Lipinski definition) is 3. The summed E-state index contributed by atoms with van der Waals surface area (Å²) in [4.78, 5) is 21.5. The van der Waals surface area contributed by atoms with Gasteiger partial charge in [0.2, 0.25) is 0 Å². The van der Waals surface area contributed by atoms with Crippen LogP contribution in [0, 0.1) is 6.92 Å². The lowest BCUT2D eigenvalue weighted by molar-refractivity contribution is 0.0959. The molecule has 3 heterocycles. The number of aryl methyl sites for hydroxylation is 1. The van der Waals surface area contributed by atoms with Gasteiger partial charge in [0.05, 0.1) is 5.69 Å². The Kier molecular flexibility index (Phi) is 5.32. The Morgan fingerprint density at radius 2 is 2.03 bits per heavy atom. The third-order valence-electron chi connectivity index (χ3n) is 6.38. The topological polar surface area (TPSA) is 69.3 Å². The average Bonchev–Trinajstić information content (AvgIpc) is 3.41. The van der Waals surface area contributed by atoms with Gasteiger partial charge in [-0.1, -0.05) is 12.1 Å². The quantitative estimate of drug-likeness (QED) is 0.552. The summed E-state index contributed by atoms with van der Waals surface area (Å²) in [5.41, 5.74) is 4.74. The molecule has 1 aliphatic heterocycles. The lowest BCUT2D eigenvalue weighted by atomic mass is 10.1. The van der Waals surface area contributed by atoms with Gasteiger partial charge in [-0.05, 0) is 56.0 Å². The van der Waals surface area contributed by atoms with E-state index in [0.29, 0.717) is 17.0 Å². The molecule has 2 fully saturated rings. The molecule has 0 radical (unpaired) electrons. The fraction of sp³-hybridized carbons (Fsp3) is 0.417. The minimum absolute atomic E-state index is 0.0443. The highest BCUT2D eigenvalue weighted by molar-refractivity contribution is 7.21. The first-order chi connectivity index (χ1) is 15.1. The van der Waals surface area contributed by atoms with Crippen LogP contribution in [0.4, 0.5) is 11.4 Å². The van der Waals surface area contributed by atoms with Gasteiger partial charge in [-0.25, -0.2) is 4.98 Å². The highest BCUT2D eigenvalue weighted by Gasteiger charge is 2.45. The number of benzene rings is 1. The van der Waals surface area contributed by atoms with E-state index in [1.807, 2.05) is 26.1 Å². The summed E-state index contributed by atoms with van der Waals surface area (Å²) in [5.74, 6) is -0.0443. The molecule has 1 saturated heterocycles. The summed E-state index contributed by atoms with van der Waals surface area (Å²) in [5, 5.41) is 10.9. The minimum Gasteiger partial charge on any atom is -0.386 e. The average molecular weight is 436 g/mol. The van der Waals surface area contributed by atoms with Gasteiger partial charge in [0.25, 0.3) is 5.91 Å². The van der Waals surface area contributed by atoms with Gasteiger partial charge in [-0.15, -0.1) is 11.3 Å².